The monoisotopic (exact) mass is 1300 g/mol. The van der Waals surface area contributed by atoms with E-state index in [-0.39, 0.29) is 24.8 Å². The first-order valence-electron chi connectivity index (χ1n) is 36.6. The Hall–Kier alpha value is -4.43. The van der Waals surface area contributed by atoms with Gasteiger partial charge in [0.05, 0.1) is 18.2 Å². The first kappa shape index (κ1) is 80.8. The Morgan fingerprint density at radius 1 is 0.560 bits per heavy atom. The van der Waals surface area contributed by atoms with Crippen molar-refractivity contribution in [1.82, 2.24) is 51.4 Å². The van der Waals surface area contributed by atoms with Gasteiger partial charge in [0.15, 0.2) is 11.5 Å². The molecule has 0 aliphatic heterocycles. The number of H-pyrrole nitrogens is 1. The molecule has 2 aromatic heterocycles. The normalized spacial score (nSPS) is 12.2. The number of imidazole rings is 1. The van der Waals surface area contributed by atoms with Gasteiger partial charge in [-0.05, 0) is 134 Å². The highest BCUT2D eigenvalue weighted by Gasteiger charge is 2.45. The number of benzene rings is 1. The van der Waals surface area contributed by atoms with E-state index < -0.39 is 36.3 Å². The summed E-state index contributed by atoms with van der Waals surface area (Å²) in [6.07, 6.45) is 43.4. The third-order valence-electron chi connectivity index (χ3n) is 17.9. The largest absolute Gasteiger partial charge is 0.382 e. The fourth-order valence-electron chi connectivity index (χ4n) is 12.1. The molecule has 0 aliphatic carbocycles. The Morgan fingerprint density at radius 2 is 1.03 bits per heavy atom. The summed E-state index contributed by atoms with van der Waals surface area (Å²) in [5.74, 6) is -0.773. The summed E-state index contributed by atoms with van der Waals surface area (Å²) in [6, 6.07) is 5.88. The maximum absolute atomic E-state index is 13.7. The number of nitrogen functional groups attached to an aromatic ring is 1. The molecule has 0 saturated carbocycles. The molecule has 0 aliphatic rings. The highest BCUT2D eigenvalue weighted by Crippen LogP contribution is 2.58. The van der Waals surface area contributed by atoms with Gasteiger partial charge >= 0.3 is 13.3 Å². The number of hydrogen-bond acceptors (Lipinski definition) is 13. The number of carbonyl (C=O) groups excluding carboxylic acids is 3. The van der Waals surface area contributed by atoms with Crippen LogP contribution >= 0.6 is 7.60 Å². The molecule has 1 atom stereocenters. The molecule has 3 amide bonds. The van der Waals surface area contributed by atoms with Crippen molar-refractivity contribution in [2.24, 2.45) is 5.73 Å². The van der Waals surface area contributed by atoms with Crippen molar-refractivity contribution in [1.29, 1.82) is 0 Å². The van der Waals surface area contributed by atoms with E-state index in [1.54, 1.807) is 24.3 Å². The molecule has 21 heteroatoms. The van der Waals surface area contributed by atoms with Crippen LogP contribution in [-0.4, -0.2) is 124 Å². The van der Waals surface area contributed by atoms with Gasteiger partial charge in [-0.1, -0.05) is 219 Å². The topological polar surface area (TPSA) is 309 Å². The molecule has 0 bridgehead atoms. The van der Waals surface area contributed by atoms with Crippen LogP contribution in [0.2, 0.25) is 0 Å². The van der Waals surface area contributed by atoms with Crippen LogP contribution in [0, 0.1) is 0 Å². The molecule has 3 rings (SSSR count). The number of anilines is 2. The number of nitrogens with one attached hydrogen (secondary N) is 8. The highest BCUT2D eigenvalue weighted by molar-refractivity contribution is 7.53. The quantitative estimate of drug-likeness (QED) is 0.0185. The maximum Gasteiger partial charge on any atom is 0.331 e. The van der Waals surface area contributed by atoms with Gasteiger partial charge in [0.1, 0.15) is 11.6 Å². The average molecular weight is 1300 g/mol. The molecule has 522 valence electrons. The lowest BCUT2D eigenvalue weighted by molar-refractivity contribution is -0.128. The minimum absolute atomic E-state index is 0.161. The Morgan fingerprint density at radius 3 is 1.54 bits per heavy atom. The highest BCUT2D eigenvalue weighted by atomic mass is 31.2. The number of nitrogens with zero attached hydrogens (tertiary/aromatic N) is 3. The van der Waals surface area contributed by atoms with Crippen molar-refractivity contribution in [2.45, 2.75) is 295 Å². The smallest absolute Gasteiger partial charge is 0.331 e. The van der Waals surface area contributed by atoms with Crippen molar-refractivity contribution in [2.75, 3.05) is 76.5 Å². The Labute approximate surface area is 549 Å². The van der Waals surface area contributed by atoms with Gasteiger partial charge in [-0.15, -0.1) is 0 Å². The number of aromatic amines is 1. The minimum atomic E-state index is -4.44. The van der Waals surface area contributed by atoms with Gasteiger partial charge in [-0.3, -0.25) is 23.5 Å². The van der Waals surface area contributed by atoms with Gasteiger partial charge in [-0.2, -0.15) is 9.97 Å². The van der Waals surface area contributed by atoms with E-state index in [0.29, 0.717) is 100 Å². The standard InChI is InChI=1S/C70H130N13O7P/c1-4-7-10-12-14-16-18-20-22-24-26-28-30-33-45-70(91(88,89)90,46-34-31-29-27-25-23-21-19-17-15-13-11-8-5-2)47-56-75-49-35-32-40-61(67(86)76-55-39-53-74-51-37-36-50-73-52-38-48-71)79-62(84)57-78-66(85)60-43-41-59(42-44-60)58-83-65-63(80-69(83)87)64(72)81-68(82-65)77-54-9-6-3/h41-44,61,73-75H,4-40,45-58,71H2,1-3H3,(H,76,86)(H,78,85)(H,79,84)(H,80,87)(H2,88,89,90)(H3,72,77,81,82)/t61-/m0/s1. The predicted octanol–water partition coefficient (Wildman–Crippen LogP) is 12.8. The van der Waals surface area contributed by atoms with E-state index in [2.05, 4.69) is 72.9 Å². The SMILES string of the molecule is CCCCCCCCCCCCCCCCC(CCCCCCCCCCCCCCCC)(CCNCCCC[C@H](NC(=O)CNC(=O)c1ccc(Cn2c(=O)[nH]c3c(N)nc(NCCCC)nc32)cc1)C(=O)NCCCNCCCCNCCCN)P(=O)(O)O. The average Bonchev–Trinajstić information content (AvgIpc) is 1.75. The summed E-state index contributed by atoms with van der Waals surface area (Å²) < 4.78 is 15.1. The lowest BCUT2D eigenvalue weighted by atomic mass is 9.90. The Kier molecular flexibility index (Phi) is 46.1. The van der Waals surface area contributed by atoms with Crippen molar-refractivity contribution < 1.29 is 28.7 Å². The molecule has 0 spiro atoms. The second-order valence-electron chi connectivity index (χ2n) is 25.9. The fraction of sp³-hybridized carbons (Fsp3) is 0.800. The van der Waals surface area contributed by atoms with Gasteiger partial charge < -0.3 is 63.5 Å². The molecule has 0 radical (unpaired) electrons. The molecule has 0 saturated heterocycles. The molecule has 0 fully saturated rings. The van der Waals surface area contributed by atoms with Crippen LogP contribution in [0.15, 0.2) is 29.1 Å². The van der Waals surface area contributed by atoms with Crippen LogP contribution in [0.3, 0.4) is 0 Å². The summed E-state index contributed by atoms with van der Waals surface area (Å²) in [4.78, 5) is 87.4. The third-order valence-corrected chi connectivity index (χ3v) is 19.8. The number of amides is 3. The maximum atomic E-state index is 13.7. The second kappa shape index (κ2) is 51.9. The van der Waals surface area contributed by atoms with E-state index in [9.17, 15) is 33.5 Å². The van der Waals surface area contributed by atoms with Crippen LogP contribution < -0.4 is 54.4 Å². The van der Waals surface area contributed by atoms with Gasteiger partial charge in [0.25, 0.3) is 5.91 Å². The van der Waals surface area contributed by atoms with Crippen LogP contribution in [0.4, 0.5) is 11.8 Å². The molecule has 91 heavy (non-hydrogen) atoms. The van der Waals surface area contributed by atoms with E-state index in [1.165, 1.54) is 146 Å². The zero-order chi connectivity index (χ0) is 65.9. The van der Waals surface area contributed by atoms with Gasteiger partial charge in [-0.25, -0.2) is 4.79 Å². The molecule has 1 aromatic carbocycles. The lowest BCUT2D eigenvalue weighted by Gasteiger charge is -2.35. The molecule has 3 aromatic rings. The first-order chi connectivity index (χ1) is 44.3. The number of hydrogen-bond donors (Lipinski definition) is 12. The lowest BCUT2D eigenvalue weighted by Crippen LogP contribution is -2.49. The van der Waals surface area contributed by atoms with Crippen LogP contribution in [-0.2, 0) is 20.7 Å². The van der Waals surface area contributed by atoms with Crippen molar-refractivity contribution in [3.05, 3.63) is 45.9 Å². The van der Waals surface area contributed by atoms with E-state index in [0.717, 1.165) is 102 Å². The second-order valence-corrected chi connectivity index (χ2v) is 27.9. The molecule has 2 heterocycles. The van der Waals surface area contributed by atoms with Crippen molar-refractivity contribution in [3.63, 3.8) is 0 Å². The third kappa shape index (κ3) is 36.7. The predicted molar refractivity (Wildman–Crippen MR) is 378 cm³/mol. The fourth-order valence-corrected chi connectivity index (χ4v) is 13.4. The summed E-state index contributed by atoms with van der Waals surface area (Å²) in [5.41, 5.74) is 13.1. The van der Waals surface area contributed by atoms with Crippen LogP contribution in [0.5, 0.6) is 0 Å². The number of fused-ring (bicyclic) bond motifs is 1. The first-order valence-corrected chi connectivity index (χ1v) is 38.2. The number of nitrogens with two attached hydrogens (primary N) is 2. The summed E-state index contributed by atoms with van der Waals surface area (Å²) in [7, 11) is -4.44. The van der Waals surface area contributed by atoms with Crippen LogP contribution in [0.25, 0.3) is 11.2 Å². The zero-order valence-electron chi connectivity index (χ0n) is 57.3. The summed E-state index contributed by atoms with van der Waals surface area (Å²) in [5, 5.41) is 21.0. The number of carbonyl (C=O) groups is 3. The van der Waals surface area contributed by atoms with Crippen molar-refractivity contribution >= 4 is 48.2 Å². The number of aromatic nitrogens is 4. The number of unbranched alkanes of at least 4 members (excludes halogenated alkanes) is 29. The summed E-state index contributed by atoms with van der Waals surface area (Å²) in [6.45, 7) is 12.8. The minimum Gasteiger partial charge on any atom is -0.382 e. The number of rotatable bonds is 62. The molecule has 0 unspecified atom stereocenters. The van der Waals surface area contributed by atoms with Gasteiger partial charge in [0, 0.05) is 18.7 Å². The Bertz CT molecular complexity index is 2400. The van der Waals surface area contributed by atoms with E-state index >= 15 is 0 Å². The molecular weight excluding hydrogens is 1170 g/mol. The van der Waals surface area contributed by atoms with Crippen molar-refractivity contribution in [3.8, 4) is 0 Å². The molecule has 20 nitrogen and oxygen atoms in total. The van der Waals surface area contributed by atoms with Gasteiger partial charge in [0.2, 0.25) is 17.8 Å². The van der Waals surface area contributed by atoms with Crippen LogP contribution in [0.1, 0.15) is 294 Å². The van der Waals surface area contributed by atoms with E-state index in [4.69, 9.17) is 11.5 Å². The molecule has 14 N–H and O–H groups in total. The zero-order valence-corrected chi connectivity index (χ0v) is 58.2. The Balaban J connectivity index is 1.56. The summed E-state index contributed by atoms with van der Waals surface area (Å²) >= 11 is 0. The molecular formula is C70H130N13O7P. The van der Waals surface area contributed by atoms with E-state index in [1.807, 2.05) is 0 Å².